The van der Waals surface area contributed by atoms with Crippen LogP contribution in [-0.4, -0.2) is 35.3 Å². The first-order valence-corrected chi connectivity index (χ1v) is 8.75. The van der Waals surface area contributed by atoms with E-state index in [-0.39, 0.29) is 19.4 Å². The first kappa shape index (κ1) is 19.1. The summed E-state index contributed by atoms with van der Waals surface area (Å²) in [6, 6.07) is 16.8. The summed E-state index contributed by atoms with van der Waals surface area (Å²) in [5, 5.41) is 4.73. The van der Waals surface area contributed by atoms with E-state index in [1.807, 2.05) is 41.7 Å². The number of nitrogens with one attached hydrogen (secondary N) is 2. The number of rotatable bonds is 6. The van der Waals surface area contributed by atoms with Crippen LogP contribution < -0.4 is 16.4 Å². The van der Waals surface area contributed by atoms with Crippen LogP contribution in [0.25, 0.3) is 0 Å². The molecule has 1 aliphatic rings. The summed E-state index contributed by atoms with van der Waals surface area (Å²) >= 11 is 0. The highest BCUT2D eigenvalue weighted by Crippen LogP contribution is 2.33. The van der Waals surface area contributed by atoms with Gasteiger partial charge in [-0.3, -0.25) is 19.8 Å². The van der Waals surface area contributed by atoms with Crippen LogP contribution in [0.1, 0.15) is 17.5 Å². The molecule has 1 saturated heterocycles. The first-order chi connectivity index (χ1) is 13.4. The molecule has 1 unspecified atom stereocenters. The molecule has 0 aromatic heterocycles. The van der Waals surface area contributed by atoms with Crippen molar-refractivity contribution in [2.24, 2.45) is 5.73 Å². The molecule has 2 aromatic rings. The second-order valence-electron chi connectivity index (χ2n) is 6.48. The zero-order chi connectivity index (χ0) is 20.1. The zero-order valence-corrected chi connectivity index (χ0v) is 15.1. The number of hydrogen-bond donors (Lipinski definition) is 3. The molecular weight excluding hydrogens is 360 g/mol. The van der Waals surface area contributed by atoms with Crippen LogP contribution in [0.5, 0.6) is 0 Å². The van der Waals surface area contributed by atoms with Crippen molar-refractivity contribution in [3.05, 3.63) is 71.8 Å². The number of urea groups is 2. The van der Waals surface area contributed by atoms with E-state index in [0.29, 0.717) is 5.56 Å². The predicted molar refractivity (Wildman–Crippen MR) is 101 cm³/mol. The Balaban J connectivity index is 1.88. The minimum atomic E-state index is -1.26. The Labute approximate surface area is 161 Å². The molecule has 1 atom stereocenters. The second-order valence-corrected chi connectivity index (χ2v) is 6.48. The van der Waals surface area contributed by atoms with E-state index in [9.17, 15) is 19.2 Å². The van der Waals surface area contributed by atoms with Gasteiger partial charge >= 0.3 is 12.1 Å². The van der Waals surface area contributed by atoms with E-state index >= 15 is 0 Å². The third kappa shape index (κ3) is 3.85. The average Bonchev–Trinajstić information content (AvgIpc) is 2.91. The molecule has 6 amide bonds. The van der Waals surface area contributed by atoms with Gasteiger partial charge in [-0.1, -0.05) is 60.7 Å². The smallest absolute Gasteiger partial charge is 0.325 e. The number of benzene rings is 2. The number of amides is 6. The Morgan fingerprint density at radius 3 is 2.21 bits per heavy atom. The van der Waals surface area contributed by atoms with Gasteiger partial charge in [0.1, 0.15) is 0 Å². The number of carbonyl (C=O) groups is 4. The molecule has 2 aromatic carbocycles. The second kappa shape index (κ2) is 7.91. The number of hydrogen-bond acceptors (Lipinski definition) is 4. The van der Waals surface area contributed by atoms with Gasteiger partial charge < -0.3 is 11.1 Å². The summed E-state index contributed by atoms with van der Waals surface area (Å²) in [4.78, 5) is 49.3. The van der Waals surface area contributed by atoms with Gasteiger partial charge in [-0.25, -0.2) is 9.59 Å². The molecule has 3 rings (SSSR count). The summed E-state index contributed by atoms with van der Waals surface area (Å²) in [7, 11) is 0. The van der Waals surface area contributed by atoms with Gasteiger partial charge in [-0.2, -0.15) is 0 Å². The number of carbonyl (C=O) groups excluding carboxylic acids is 4. The highest BCUT2D eigenvalue weighted by molar-refractivity contribution is 6.08. The van der Waals surface area contributed by atoms with E-state index in [2.05, 4.69) is 5.32 Å². The Hall–Kier alpha value is -3.68. The number of primary amides is 1. The van der Waals surface area contributed by atoms with E-state index in [1.165, 1.54) is 0 Å². The van der Waals surface area contributed by atoms with Crippen molar-refractivity contribution in [1.29, 1.82) is 0 Å². The Kier molecular flexibility index (Phi) is 5.39. The van der Waals surface area contributed by atoms with Crippen LogP contribution in [0.2, 0.25) is 0 Å². The molecule has 8 nitrogen and oxygen atoms in total. The van der Waals surface area contributed by atoms with Gasteiger partial charge in [0.2, 0.25) is 5.91 Å². The summed E-state index contributed by atoms with van der Waals surface area (Å²) in [6.45, 7) is -0.160. The monoisotopic (exact) mass is 380 g/mol. The molecule has 8 heteroatoms. The quantitative estimate of drug-likeness (QED) is 0.653. The summed E-state index contributed by atoms with van der Waals surface area (Å²) in [6.07, 6.45) is 0.0463. The third-order valence-electron chi connectivity index (χ3n) is 4.58. The number of nitrogens with two attached hydrogens (primary N) is 1. The van der Waals surface area contributed by atoms with Crippen molar-refractivity contribution in [2.75, 3.05) is 6.54 Å². The lowest BCUT2D eigenvalue weighted by atomic mass is 9.83. The molecular formula is C20H20N4O4. The molecule has 0 radical (unpaired) electrons. The van der Waals surface area contributed by atoms with Crippen molar-refractivity contribution in [3.63, 3.8) is 0 Å². The number of nitrogens with zero attached hydrogens (tertiary/aromatic N) is 1. The van der Waals surface area contributed by atoms with Crippen LogP contribution in [0.4, 0.5) is 9.59 Å². The molecule has 1 heterocycles. The zero-order valence-electron chi connectivity index (χ0n) is 15.1. The van der Waals surface area contributed by atoms with Crippen LogP contribution in [0.3, 0.4) is 0 Å². The number of imide groups is 2. The van der Waals surface area contributed by atoms with E-state index < -0.39 is 29.4 Å². The van der Waals surface area contributed by atoms with Gasteiger partial charge in [-0.05, 0) is 11.1 Å². The highest BCUT2D eigenvalue weighted by Gasteiger charge is 2.52. The fourth-order valence-electron chi connectivity index (χ4n) is 3.28. The lowest BCUT2D eigenvalue weighted by Gasteiger charge is -2.27. The first-order valence-electron chi connectivity index (χ1n) is 8.75. The van der Waals surface area contributed by atoms with Gasteiger partial charge in [0.05, 0.1) is 0 Å². The minimum Gasteiger partial charge on any atom is -0.351 e. The van der Waals surface area contributed by atoms with Crippen LogP contribution >= 0.6 is 0 Å². The largest absolute Gasteiger partial charge is 0.351 e. The molecule has 4 N–H and O–H groups in total. The Bertz CT molecular complexity index is 901. The van der Waals surface area contributed by atoms with Gasteiger partial charge in [0, 0.05) is 19.4 Å². The Morgan fingerprint density at radius 2 is 1.61 bits per heavy atom. The molecule has 0 saturated carbocycles. The maximum absolute atomic E-state index is 13.3. The normalized spacial score (nSPS) is 18.6. The Morgan fingerprint density at radius 1 is 1.00 bits per heavy atom. The fourth-order valence-corrected chi connectivity index (χ4v) is 3.28. The maximum Gasteiger partial charge on any atom is 0.325 e. The standard InChI is InChI=1S/C20H20N4O4/c21-18(27)22-16(25)11-12-24-17(26)20(23-19(24)28,15-9-5-2-6-10-15)13-14-7-3-1-4-8-14/h1-10H,11-13H2,(H,23,28)(H3,21,22,25,27). The predicted octanol–water partition coefficient (Wildman–Crippen LogP) is 1.26. The molecule has 0 spiro atoms. The summed E-state index contributed by atoms with van der Waals surface area (Å²) in [5.74, 6) is -1.10. The summed E-state index contributed by atoms with van der Waals surface area (Å²) in [5.41, 5.74) is 5.18. The van der Waals surface area contributed by atoms with E-state index in [0.717, 1.165) is 10.5 Å². The SMILES string of the molecule is NC(=O)NC(=O)CCN1C(=O)NC(Cc2ccccc2)(c2ccccc2)C1=O. The van der Waals surface area contributed by atoms with Crippen molar-refractivity contribution in [2.45, 2.75) is 18.4 Å². The highest BCUT2D eigenvalue weighted by atomic mass is 16.2. The minimum absolute atomic E-state index is 0.160. The molecule has 0 bridgehead atoms. The molecule has 1 fully saturated rings. The topological polar surface area (TPSA) is 122 Å². The molecule has 0 aliphatic carbocycles. The fraction of sp³-hybridized carbons (Fsp3) is 0.200. The van der Waals surface area contributed by atoms with Gasteiger partial charge in [0.25, 0.3) is 5.91 Å². The lowest BCUT2D eigenvalue weighted by molar-refractivity contribution is -0.132. The van der Waals surface area contributed by atoms with Gasteiger partial charge in [0.15, 0.2) is 5.54 Å². The van der Waals surface area contributed by atoms with Crippen molar-refractivity contribution in [3.8, 4) is 0 Å². The molecule has 28 heavy (non-hydrogen) atoms. The molecule has 144 valence electrons. The van der Waals surface area contributed by atoms with Crippen LogP contribution in [0.15, 0.2) is 60.7 Å². The van der Waals surface area contributed by atoms with Crippen molar-refractivity contribution in [1.82, 2.24) is 15.5 Å². The molecule has 1 aliphatic heterocycles. The lowest BCUT2D eigenvalue weighted by Crippen LogP contribution is -2.46. The van der Waals surface area contributed by atoms with Crippen molar-refractivity contribution < 1.29 is 19.2 Å². The van der Waals surface area contributed by atoms with Crippen molar-refractivity contribution >= 4 is 23.9 Å². The van der Waals surface area contributed by atoms with E-state index in [4.69, 9.17) is 5.73 Å². The third-order valence-corrected chi connectivity index (χ3v) is 4.58. The van der Waals surface area contributed by atoms with Crippen LogP contribution in [-0.2, 0) is 21.5 Å². The van der Waals surface area contributed by atoms with Crippen LogP contribution in [0, 0.1) is 0 Å². The summed E-state index contributed by atoms with van der Waals surface area (Å²) < 4.78 is 0. The average molecular weight is 380 g/mol. The van der Waals surface area contributed by atoms with E-state index in [1.54, 1.807) is 24.3 Å². The van der Waals surface area contributed by atoms with Gasteiger partial charge in [-0.15, -0.1) is 0 Å². The maximum atomic E-state index is 13.3.